The number of aromatic carboxylic acids is 1. The maximum absolute atomic E-state index is 11.2. The van der Waals surface area contributed by atoms with Gasteiger partial charge in [0.05, 0.1) is 18.2 Å². The molecule has 0 aliphatic heterocycles. The lowest BCUT2D eigenvalue weighted by Gasteiger charge is -2.07. The molecule has 0 saturated carbocycles. The number of hydrogen-bond donors (Lipinski definition) is 2. The summed E-state index contributed by atoms with van der Waals surface area (Å²) < 4.78 is 1.17. The van der Waals surface area contributed by atoms with Crippen LogP contribution in [0.3, 0.4) is 0 Å². The average molecular weight is 197 g/mol. The molecule has 0 saturated heterocycles. The number of hydrogen-bond acceptors (Lipinski definition) is 3. The summed E-state index contributed by atoms with van der Waals surface area (Å²) in [6.45, 7) is 1.62. The highest BCUT2D eigenvalue weighted by molar-refractivity contribution is 5.87. The number of carbonyl (C=O) groups is 1. The predicted molar refractivity (Wildman–Crippen MR) is 49.3 cm³/mol. The largest absolute Gasteiger partial charge is 0.478 e. The molecular weight excluding hydrogens is 186 g/mol. The Bertz CT molecular complexity index is 394. The highest BCUT2D eigenvalue weighted by Gasteiger charge is 2.06. The summed E-state index contributed by atoms with van der Waals surface area (Å²) in [5, 5.41) is 17.7. The van der Waals surface area contributed by atoms with Gasteiger partial charge < -0.3 is 14.8 Å². The van der Waals surface area contributed by atoms with Gasteiger partial charge >= 0.3 is 5.97 Å². The highest BCUT2D eigenvalue weighted by Crippen LogP contribution is 1.96. The molecule has 0 bridgehead atoms. The number of carboxylic acids is 1. The maximum Gasteiger partial charge on any atom is 0.337 e. The lowest BCUT2D eigenvalue weighted by Crippen LogP contribution is -2.25. The smallest absolute Gasteiger partial charge is 0.337 e. The molecule has 14 heavy (non-hydrogen) atoms. The van der Waals surface area contributed by atoms with Gasteiger partial charge in [-0.2, -0.15) is 0 Å². The third kappa shape index (κ3) is 2.43. The molecule has 0 amide bonds. The van der Waals surface area contributed by atoms with Crippen molar-refractivity contribution in [2.75, 3.05) is 0 Å². The van der Waals surface area contributed by atoms with Gasteiger partial charge in [0.15, 0.2) is 0 Å². The number of nitrogens with zero attached hydrogens (tertiary/aromatic N) is 1. The van der Waals surface area contributed by atoms with Crippen LogP contribution in [0.15, 0.2) is 23.1 Å². The quantitative estimate of drug-likeness (QED) is 0.710. The Morgan fingerprint density at radius 2 is 2.21 bits per heavy atom. The molecule has 0 aromatic carbocycles. The lowest BCUT2D eigenvalue weighted by molar-refractivity contribution is 0.0695. The number of pyridine rings is 1. The first-order valence-electron chi connectivity index (χ1n) is 4.12. The van der Waals surface area contributed by atoms with E-state index in [1.807, 2.05) is 0 Å². The molecule has 0 aliphatic carbocycles. The number of aliphatic hydroxyl groups excluding tert-OH is 1. The summed E-state index contributed by atoms with van der Waals surface area (Å²) >= 11 is 0. The van der Waals surface area contributed by atoms with Crippen molar-refractivity contribution >= 4 is 5.97 Å². The molecule has 1 heterocycles. The fourth-order valence-corrected chi connectivity index (χ4v) is 1.09. The molecule has 0 spiro atoms. The van der Waals surface area contributed by atoms with E-state index in [0.717, 1.165) is 0 Å². The molecule has 0 unspecified atom stereocenters. The van der Waals surface area contributed by atoms with Crippen LogP contribution in [0.1, 0.15) is 17.3 Å². The van der Waals surface area contributed by atoms with Gasteiger partial charge in [0, 0.05) is 12.3 Å². The molecule has 2 N–H and O–H groups in total. The SMILES string of the molecule is C[C@H](O)Cn1cc(C(=O)O)ccc1=O. The van der Waals surface area contributed by atoms with Crippen molar-refractivity contribution in [1.82, 2.24) is 4.57 Å². The van der Waals surface area contributed by atoms with Crippen LogP contribution in [0.5, 0.6) is 0 Å². The Kier molecular flexibility index (Phi) is 3.03. The summed E-state index contributed by atoms with van der Waals surface area (Å²) in [6, 6.07) is 2.41. The normalized spacial score (nSPS) is 12.4. The van der Waals surface area contributed by atoms with Crippen LogP contribution in [0.2, 0.25) is 0 Å². The van der Waals surface area contributed by atoms with Crippen molar-refractivity contribution in [2.45, 2.75) is 19.6 Å². The Balaban J connectivity index is 3.08. The van der Waals surface area contributed by atoms with E-state index in [-0.39, 0.29) is 17.7 Å². The van der Waals surface area contributed by atoms with Gasteiger partial charge in [-0.1, -0.05) is 0 Å². The molecule has 0 radical (unpaired) electrons. The predicted octanol–water partition coefficient (Wildman–Crippen LogP) is -0.0727. The molecule has 5 heteroatoms. The molecule has 76 valence electrons. The molecule has 1 aromatic rings. The standard InChI is InChI=1S/C9H11NO4/c1-6(11)4-10-5-7(9(13)14)2-3-8(10)12/h2-3,5-6,11H,4H2,1H3,(H,13,14)/t6-/m0/s1. The van der Waals surface area contributed by atoms with Gasteiger partial charge in [0.1, 0.15) is 0 Å². The van der Waals surface area contributed by atoms with Crippen molar-refractivity contribution in [3.05, 3.63) is 34.2 Å². The van der Waals surface area contributed by atoms with Gasteiger partial charge in [-0.05, 0) is 13.0 Å². The van der Waals surface area contributed by atoms with Crippen LogP contribution in [-0.2, 0) is 6.54 Å². The van der Waals surface area contributed by atoms with E-state index in [1.165, 1.54) is 29.8 Å². The van der Waals surface area contributed by atoms with E-state index in [2.05, 4.69) is 0 Å². The molecule has 1 rings (SSSR count). The van der Waals surface area contributed by atoms with Crippen LogP contribution < -0.4 is 5.56 Å². The zero-order valence-corrected chi connectivity index (χ0v) is 7.67. The molecule has 5 nitrogen and oxygen atoms in total. The fraction of sp³-hybridized carbons (Fsp3) is 0.333. The van der Waals surface area contributed by atoms with Crippen LogP contribution in [0, 0.1) is 0 Å². The first-order chi connectivity index (χ1) is 6.50. The van der Waals surface area contributed by atoms with Gasteiger partial charge in [0.2, 0.25) is 0 Å². The Hall–Kier alpha value is -1.62. The zero-order valence-electron chi connectivity index (χ0n) is 7.67. The summed E-state index contributed by atoms with van der Waals surface area (Å²) in [7, 11) is 0. The maximum atomic E-state index is 11.2. The number of rotatable bonds is 3. The number of aliphatic hydroxyl groups is 1. The van der Waals surface area contributed by atoms with Crippen molar-refractivity contribution in [2.24, 2.45) is 0 Å². The van der Waals surface area contributed by atoms with Crippen molar-refractivity contribution in [3.8, 4) is 0 Å². The summed E-state index contributed by atoms with van der Waals surface area (Å²) in [5.74, 6) is -1.09. The summed E-state index contributed by atoms with van der Waals surface area (Å²) in [4.78, 5) is 21.8. The van der Waals surface area contributed by atoms with Gasteiger partial charge in [0.25, 0.3) is 5.56 Å². The van der Waals surface area contributed by atoms with E-state index >= 15 is 0 Å². The minimum atomic E-state index is -1.09. The third-order valence-electron chi connectivity index (χ3n) is 1.69. The van der Waals surface area contributed by atoms with Crippen molar-refractivity contribution < 1.29 is 15.0 Å². The molecule has 1 atom stereocenters. The average Bonchev–Trinajstić information content (AvgIpc) is 2.07. The van der Waals surface area contributed by atoms with Crippen LogP contribution in [0.25, 0.3) is 0 Å². The van der Waals surface area contributed by atoms with Crippen LogP contribution in [-0.4, -0.2) is 26.9 Å². The van der Waals surface area contributed by atoms with E-state index in [0.29, 0.717) is 0 Å². The topological polar surface area (TPSA) is 79.5 Å². The van der Waals surface area contributed by atoms with E-state index in [4.69, 9.17) is 10.2 Å². The molecule has 0 aliphatic rings. The van der Waals surface area contributed by atoms with E-state index < -0.39 is 12.1 Å². The van der Waals surface area contributed by atoms with Gasteiger partial charge in [-0.25, -0.2) is 4.79 Å². The molecule has 0 fully saturated rings. The Morgan fingerprint density at radius 1 is 1.57 bits per heavy atom. The highest BCUT2D eigenvalue weighted by atomic mass is 16.4. The molecule has 1 aromatic heterocycles. The summed E-state index contributed by atoms with van der Waals surface area (Å²) in [5.41, 5.74) is -0.291. The number of carboxylic acid groups (broad SMARTS) is 1. The van der Waals surface area contributed by atoms with Gasteiger partial charge in [-0.3, -0.25) is 4.79 Å². The van der Waals surface area contributed by atoms with Crippen molar-refractivity contribution in [1.29, 1.82) is 0 Å². The lowest BCUT2D eigenvalue weighted by atomic mass is 10.3. The molecular formula is C9H11NO4. The zero-order chi connectivity index (χ0) is 10.7. The van der Waals surface area contributed by atoms with Crippen LogP contribution >= 0.6 is 0 Å². The third-order valence-corrected chi connectivity index (χ3v) is 1.69. The minimum Gasteiger partial charge on any atom is -0.478 e. The van der Waals surface area contributed by atoms with E-state index in [9.17, 15) is 9.59 Å². The first-order valence-corrected chi connectivity index (χ1v) is 4.12. The second kappa shape index (κ2) is 4.06. The van der Waals surface area contributed by atoms with Gasteiger partial charge in [-0.15, -0.1) is 0 Å². The minimum absolute atomic E-state index is 0.0326. The van der Waals surface area contributed by atoms with E-state index in [1.54, 1.807) is 0 Å². The number of aromatic nitrogens is 1. The Labute approximate surface area is 80.2 Å². The van der Waals surface area contributed by atoms with Crippen LogP contribution in [0.4, 0.5) is 0 Å². The second-order valence-corrected chi connectivity index (χ2v) is 3.06. The monoisotopic (exact) mass is 197 g/mol. The van der Waals surface area contributed by atoms with Crippen molar-refractivity contribution in [3.63, 3.8) is 0 Å². The second-order valence-electron chi connectivity index (χ2n) is 3.06. The summed E-state index contributed by atoms with van der Waals surface area (Å²) in [6.07, 6.45) is 0.536. The fourth-order valence-electron chi connectivity index (χ4n) is 1.09. The Morgan fingerprint density at radius 3 is 2.71 bits per heavy atom. The first kappa shape index (κ1) is 10.5.